The molecular weight excluding hydrogens is 509 g/mol. The number of likely N-dealkylation sites (N-methyl/N-ethyl adjacent to an activating group) is 1. The van der Waals surface area contributed by atoms with E-state index in [0.29, 0.717) is 28.7 Å². The minimum atomic E-state index is -3.92. The van der Waals surface area contributed by atoms with Crippen molar-refractivity contribution in [1.82, 2.24) is 4.90 Å². The summed E-state index contributed by atoms with van der Waals surface area (Å²) in [5.74, 6) is 0.543. The topological polar surface area (TPSA) is 79.0 Å². The lowest BCUT2D eigenvalue weighted by Crippen LogP contribution is -2.33. The summed E-state index contributed by atoms with van der Waals surface area (Å²) in [7, 11) is -1.90. The molecule has 7 nitrogen and oxygen atoms in total. The van der Waals surface area contributed by atoms with Crippen LogP contribution in [0.1, 0.15) is 38.5 Å². The maximum atomic E-state index is 13.1. The van der Waals surface area contributed by atoms with Crippen LogP contribution in [0.3, 0.4) is 0 Å². The first-order valence-corrected chi connectivity index (χ1v) is 14.2. The van der Waals surface area contributed by atoms with Crippen molar-refractivity contribution in [2.24, 2.45) is 5.41 Å². The number of amides is 1. The van der Waals surface area contributed by atoms with E-state index >= 15 is 0 Å². The van der Waals surface area contributed by atoms with Gasteiger partial charge in [-0.1, -0.05) is 36.0 Å². The number of ether oxygens (including phenoxy) is 1. The molecule has 1 atom stereocenters. The zero-order valence-corrected chi connectivity index (χ0v) is 21.9. The van der Waals surface area contributed by atoms with Crippen molar-refractivity contribution in [2.75, 3.05) is 36.3 Å². The maximum Gasteiger partial charge on any atom is 0.261 e. The van der Waals surface area contributed by atoms with Crippen LogP contribution in [0.5, 0.6) is 5.75 Å². The molecule has 2 aromatic carbocycles. The van der Waals surface area contributed by atoms with Gasteiger partial charge in [0.05, 0.1) is 31.7 Å². The Bertz CT molecular complexity index is 1250. The van der Waals surface area contributed by atoms with Crippen LogP contribution in [0, 0.1) is 5.41 Å². The Balaban J connectivity index is 1.33. The zero-order chi connectivity index (χ0) is 24.8. The van der Waals surface area contributed by atoms with E-state index in [1.54, 1.807) is 29.2 Å². The lowest BCUT2D eigenvalue weighted by molar-refractivity contribution is -0.125. The molecule has 1 spiro atoms. The van der Waals surface area contributed by atoms with E-state index < -0.39 is 10.0 Å². The third-order valence-electron chi connectivity index (χ3n) is 7.42. The van der Waals surface area contributed by atoms with Crippen molar-refractivity contribution in [3.8, 4) is 5.75 Å². The number of carbonyl (C=O) groups excluding carboxylic acids is 1. The van der Waals surface area contributed by atoms with Crippen molar-refractivity contribution >= 4 is 50.5 Å². The second-order valence-corrected chi connectivity index (χ2v) is 12.3. The predicted molar refractivity (Wildman–Crippen MR) is 138 cm³/mol. The number of halogens is 2. The van der Waals surface area contributed by atoms with Crippen LogP contribution in [-0.4, -0.2) is 52.0 Å². The number of benzene rings is 2. The summed E-state index contributed by atoms with van der Waals surface area (Å²) in [6.45, 7) is 2.33. The van der Waals surface area contributed by atoms with Gasteiger partial charge in [0.15, 0.2) is 0 Å². The molecule has 3 aliphatic rings. The number of hydrogen-bond donors (Lipinski definition) is 1. The highest BCUT2D eigenvalue weighted by molar-refractivity contribution is 7.92. The Morgan fingerprint density at radius 3 is 2.49 bits per heavy atom. The van der Waals surface area contributed by atoms with E-state index in [4.69, 9.17) is 27.9 Å². The van der Waals surface area contributed by atoms with E-state index in [9.17, 15) is 13.2 Å². The zero-order valence-electron chi connectivity index (χ0n) is 19.6. The van der Waals surface area contributed by atoms with Gasteiger partial charge in [-0.15, -0.1) is 0 Å². The molecular formula is C25H29Cl2N3O4S. The van der Waals surface area contributed by atoms with Crippen LogP contribution in [-0.2, 0) is 14.8 Å². The molecule has 2 saturated heterocycles. The van der Waals surface area contributed by atoms with Gasteiger partial charge in [0, 0.05) is 25.7 Å². The van der Waals surface area contributed by atoms with Crippen LogP contribution in [0.15, 0.2) is 41.3 Å². The molecule has 5 rings (SSSR count). The number of rotatable bonds is 6. The highest BCUT2D eigenvalue weighted by Gasteiger charge is 2.48. The second kappa shape index (κ2) is 9.47. The van der Waals surface area contributed by atoms with Crippen molar-refractivity contribution in [3.63, 3.8) is 0 Å². The largest absolute Gasteiger partial charge is 0.487 e. The van der Waals surface area contributed by atoms with Crippen LogP contribution in [0.4, 0.5) is 11.4 Å². The lowest BCUT2D eigenvalue weighted by Gasteiger charge is -2.23. The molecule has 0 bridgehead atoms. The summed E-state index contributed by atoms with van der Waals surface area (Å²) in [5, 5.41) is 0.659. The highest BCUT2D eigenvalue weighted by atomic mass is 35.5. The standard InChI is InChI=1S/C25H29Cl2N3O4S/c1-29-12-8-18(16-29)34-23-14-17(4-6-20(23)26)28-35(32,33)19-5-7-22(21(27)15-19)30-13-11-25(24(30)31)9-2-3-10-25/h4-7,14-15,18,28H,2-3,8-13,16H2,1H3. The van der Waals surface area contributed by atoms with Gasteiger partial charge < -0.3 is 14.5 Å². The normalized spacial score (nSPS) is 22.3. The summed E-state index contributed by atoms with van der Waals surface area (Å²) in [5.41, 5.74) is 0.634. The molecule has 0 aromatic heterocycles. The minimum Gasteiger partial charge on any atom is -0.487 e. The Hall–Kier alpha value is -2.00. The van der Waals surface area contributed by atoms with Gasteiger partial charge in [0.1, 0.15) is 11.9 Å². The molecule has 35 heavy (non-hydrogen) atoms. The van der Waals surface area contributed by atoms with Gasteiger partial charge in [0.25, 0.3) is 10.0 Å². The Morgan fingerprint density at radius 1 is 1.03 bits per heavy atom. The van der Waals surface area contributed by atoms with E-state index in [2.05, 4.69) is 9.62 Å². The molecule has 1 aliphatic carbocycles. The van der Waals surface area contributed by atoms with Crippen LogP contribution in [0.25, 0.3) is 0 Å². The van der Waals surface area contributed by atoms with Gasteiger partial charge in [-0.25, -0.2) is 8.42 Å². The Labute approximate surface area is 216 Å². The molecule has 188 valence electrons. The van der Waals surface area contributed by atoms with Crippen LogP contribution >= 0.6 is 23.2 Å². The van der Waals surface area contributed by atoms with Gasteiger partial charge in [-0.3, -0.25) is 9.52 Å². The lowest BCUT2D eigenvalue weighted by atomic mass is 9.85. The number of sulfonamides is 1. The molecule has 1 unspecified atom stereocenters. The van der Waals surface area contributed by atoms with Gasteiger partial charge in [-0.2, -0.15) is 0 Å². The average Bonchev–Trinajstić information content (AvgIpc) is 3.53. The molecule has 0 radical (unpaired) electrons. The average molecular weight is 538 g/mol. The third kappa shape index (κ3) is 4.86. The fourth-order valence-corrected chi connectivity index (χ4v) is 7.07. The molecule has 10 heteroatoms. The second-order valence-electron chi connectivity index (χ2n) is 9.85. The first kappa shape index (κ1) is 24.7. The summed E-state index contributed by atoms with van der Waals surface area (Å²) in [4.78, 5) is 17.0. The number of hydrogen-bond acceptors (Lipinski definition) is 5. The van der Waals surface area contributed by atoms with Gasteiger partial charge in [0.2, 0.25) is 5.91 Å². The molecule has 3 fully saturated rings. The van der Waals surface area contributed by atoms with Crippen molar-refractivity contribution < 1.29 is 17.9 Å². The molecule has 1 N–H and O–H groups in total. The summed E-state index contributed by atoms with van der Waals surface area (Å²) in [6.07, 6.45) is 5.70. The maximum absolute atomic E-state index is 13.1. The van der Waals surface area contributed by atoms with Crippen molar-refractivity contribution in [1.29, 1.82) is 0 Å². The molecule has 1 amide bonds. The van der Waals surface area contributed by atoms with E-state index in [-0.39, 0.29) is 27.3 Å². The molecule has 2 aliphatic heterocycles. The summed E-state index contributed by atoms with van der Waals surface area (Å²) >= 11 is 12.8. The fraction of sp³-hybridized carbons (Fsp3) is 0.480. The predicted octanol–water partition coefficient (Wildman–Crippen LogP) is 5.17. The molecule has 1 saturated carbocycles. The van der Waals surface area contributed by atoms with Crippen molar-refractivity contribution in [2.45, 2.75) is 49.5 Å². The molecule has 2 heterocycles. The minimum absolute atomic E-state index is 0.00683. The number of anilines is 2. The number of nitrogens with zero attached hydrogens (tertiary/aromatic N) is 2. The number of nitrogens with one attached hydrogen (secondary N) is 1. The number of likely N-dealkylation sites (tertiary alicyclic amines) is 1. The van der Waals surface area contributed by atoms with Gasteiger partial charge >= 0.3 is 0 Å². The SMILES string of the molecule is CN1CCC(Oc2cc(NS(=O)(=O)c3ccc(N4CCC5(CCCC5)C4=O)c(Cl)c3)ccc2Cl)C1. The van der Waals surface area contributed by atoms with Crippen molar-refractivity contribution in [3.05, 3.63) is 46.4 Å². The summed E-state index contributed by atoms with van der Waals surface area (Å²) in [6, 6.07) is 9.30. The third-order valence-corrected chi connectivity index (χ3v) is 9.41. The van der Waals surface area contributed by atoms with Crippen LogP contribution in [0.2, 0.25) is 10.0 Å². The van der Waals surface area contributed by atoms with E-state index in [1.807, 2.05) is 7.05 Å². The first-order valence-electron chi connectivity index (χ1n) is 12.0. The fourth-order valence-electron chi connectivity index (χ4n) is 5.48. The Morgan fingerprint density at radius 2 is 1.80 bits per heavy atom. The van der Waals surface area contributed by atoms with Crippen LogP contribution < -0.4 is 14.4 Å². The number of carbonyl (C=O) groups is 1. The first-order chi connectivity index (χ1) is 16.7. The quantitative estimate of drug-likeness (QED) is 0.549. The highest BCUT2D eigenvalue weighted by Crippen LogP contribution is 2.48. The van der Waals surface area contributed by atoms with E-state index in [1.165, 1.54) is 12.1 Å². The smallest absolute Gasteiger partial charge is 0.261 e. The van der Waals surface area contributed by atoms with Gasteiger partial charge in [-0.05, 0) is 63.1 Å². The molecule has 2 aromatic rings. The Kier molecular flexibility index (Phi) is 6.68. The van der Waals surface area contributed by atoms with E-state index in [0.717, 1.165) is 51.6 Å². The summed E-state index contributed by atoms with van der Waals surface area (Å²) < 4.78 is 34.8. The monoisotopic (exact) mass is 537 g/mol.